The van der Waals surface area contributed by atoms with Gasteiger partial charge in [-0.25, -0.2) is 0 Å². The van der Waals surface area contributed by atoms with E-state index in [9.17, 15) is 0 Å². The summed E-state index contributed by atoms with van der Waals surface area (Å²) >= 11 is 6.23. The smallest absolute Gasteiger partial charge is 0.381 e. The number of hydrogen-bond donors (Lipinski definition) is 1. The molecule has 147 valence electrons. The van der Waals surface area contributed by atoms with Gasteiger partial charge in [0.15, 0.2) is 0 Å². The highest BCUT2D eigenvalue weighted by molar-refractivity contribution is 7.21. The number of rotatable bonds is 3. The van der Waals surface area contributed by atoms with Crippen LogP contribution in [-0.4, -0.2) is 17.1 Å². The van der Waals surface area contributed by atoms with Crippen molar-refractivity contribution < 1.29 is 9.92 Å². The first-order chi connectivity index (χ1) is 15.2. The minimum atomic E-state index is -1.90. The molecule has 0 amide bonds. The second-order valence-corrected chi connectivity index (χ2v) is 7.83. The quantitative estimate of drug-likeness (QED) is 0.644. The van der Waals surface area contributed by atoms with Crippen LogP contribution in [0.15, 0.2) is 108 Å². The van der Waals surface area contributed by atoms with Crippen molar-refractivity contribution >= 4 is 45.4 Å². The van der Waals surface area contributed by atoms with Crippen molar-refractivity contribution in [1.82, 2.24) is 5.10 Å². The van der Waals surface area contributed by atoms with Gasteiger partial charge in [0, 0.05) is 22.4 Å². The molecule has 0 bridgehead atoms. The third-order valence-corrected chi connectivity index (χ3v) is 5.84. The highest BCUT2D eigenvalue weighted by Gasteiger charge is 2.44. The van der Waals surface area contributed by atoms with Gasteiger partial charge in [0.2, 0.25) is 5.10 Å². The van der Waals surface area contributed by atoms with Crippen molar-refractivity contribution in [3.63, 3.8) is 0 Å². The summed E-state index contributed by atoms with van der Waals surface area (Å²) in [5.74, 6) is 0.709. The van der Waals surface area contributed by atoms with Gasteiger partial charge < -0.3 is 4.65 Å². The molecule has 2 aliphatic rings. The molecule has 1 N–H and O–H groups in total. The Morgan fingerprint density at radius 2 is 1.45 bits per heavy atom. The number of halogens is 1. The number of allylic oxidation sites excluding steroid dienone is 3. The molecule has 3 aromatic rings. The molecule has 2 aliphatic heterocycles. The van der Waals surface area contributed by atoms with Gasteiger partial charge in [0.25, 0.3) is 6.35 Å². The highest BCUT2D eigenvalue weighted by atomic mass is 35.5. The average Bonchev–Trinajstić information content (AvgIpc) is 2.84. The van der Waals surface area contributed by atoms with Crippen molar-refractivity contribution in [3.05, 3.63) is 114 Å². The normalized spacial score (nSPS) is 16.5. The summed E-state index contributed by atoms with van der Waals surface area (Å²) < 4.78 is 6.88. The van der Waals surface area contributed by atoms with Crippen LogP contribution >= 0.6 is 11.6 Å². The maximum absolute atomic E-state index is 7.34. The average molecular weight is 422 g/mol. The van der Waals surface area contributed by atoms with Gasteiger partial charge in [-0.05, 0) is 47.5 Å². The molecule has 0 atom stereocenters. The fourth-order valence-corrected chi connectivity index (χ4v) is 4.36. The zero-order chi connectivity index (χ0) is 21.3. The molecule has 0 saturated carbocycles. The van der Waals surface area contributed by atoms with Gasteiger partial charge in [-0.15, -0.1) is 0 Å². The summed E-state index contributed by atoms with van der Waals surface area (Å²) in [6.45, 7) is 0. The van der Waals surface area contributed by atoms with E-state index in [0.29, 0.717) is 16.5 Å². The van der Waals surface area contributed by atoms with E-state index in [4.69, 9.17) is 21.5 Å². The van der Waals surface area contributed by atoms with Crippen LogP contribution in [0.2, 0.25) is 0 Å². The fraction of sp³-hybridized carbons (Fsp3) is 0. The number of hydrogen-bond acceptors (Lipinski definition) is 3. The van der Waals surface area contributed by atoms with Gasteiger partial charge in [-0.2, -0.15) is 10.9 Å². The number of nitrogens with one attached hydrogen (secondary N) is 1. The Hall–Kier alpha value is -3.88. The lowest BCUT2D eigenvalue weighted by atomic mass is 9.27. The lowest BCUT2D eigenvalue weighted by molar-refractivity contribution is -0.0909. The van der Waals surface area contributed by atoms with E-state index in [1.807, 2.05) is 72.8 Å². The van der Waals surface area contributed by atoms with E-state index in [1.165, 1.54) is 0 Å². The molecule has 31 heavy (non-hydrogen) atoms. The molecule has 5 rings (SSSR count). The van der Waals surface area contributed by atoms with Crippen LogP contribution < -0.4 is 21.3 Å². The second-order valence-electron chi connectivity index (χ2n) is 7.44. The zero-order valence-corrected chi connectivity index (χ0v) is 17.3. The van der Waals surface area contributed by atoms with Crippen LogP contribution in [0.4, 0.5) is 0 Å². The minimum Gasteiger partial charge on any atom is -0.701 e. The summed E-state index contributed by atoms with van der Waals surface area (Å²) in [4.78, 5) is 0. The standard InChI is InChI=1S/C25H16BClN3O/c27-24-16-20-15-23(19-13-11-18(17-28)12-14-19)31-26(25(20)30-29-24,21-7-3-1-4-8-21)22-9-5-2-6-10-22/h1-16H/p+1. The van der Waals surface area contributed by atoms with E-state index in [0.717, 1.165) is 27.7 Å². The molecular weight excluding hydrogens is 405 g/mol. The third kappa shape index (κ3) is 3.28. The Kier molecular flexibility index (Phi) is 4.78. The molecule has 0 aromatic heterocycles. The molecule has 4 nitrogen and oxygen atoms in total. The van der Waals surface area contributed by atoms with Gasteiger partial charge in [0.1, 0.15) is 5.56 Å². The fourth-order valence-electron chi connectivity index (χ4n) is 4.21. The number of benzene rings is 3. The maximum atomic E-state index is 7.34. The summed E-state index contributed by atoms with van der Waals surface area (Å²) in [5.41, 5.74) is 5.22. The Labute approximate surface area is 185 Å². The van der Waals surface area contributed by atoms with Crippen molar-refractivity contribution in [2.75, 3.05) is 0 Å². The summed E-state index contributed by atoms with van der Waals surface area (Å²) in [5, 5.41) is 16.3. The zero-order valence-electron chi connectivity index (χ0n) is 16.5. The monoisotopic (exact) mass is 421 g/mol. The second kappa shape index (κ2) is 7.75. The molecule has 3 aromatic carbocycles. The first-order valence-electron chi connectivity index (χ1n) is 9.94. The van der Waals surface area contributed by atoms with E-state index in [1.54, 1.807) is 0 Å². The van der Waals surface area contributed by atoms with Gasteiger partial charge in [0.05, 0.1) is 5.76 Å². The van der Waals surface area contributed by atoms with Crippen molar-refractivity contribution in [2.24, 2.45) is 5.10 Å². The minimum absolute atomic E-state index is 0.329. The van der Waals surface area contributed by atoms with Crippen LogP contribution in [0.25, 0.3) is 5.76 Å². The third-order valence-electron chi connectivity index (χ3n) is 5.65. The van der Waals surface area contributed by atoms with E-state index in [-0.39, 0.29) is 0 Å². The Bertz CT molecular complexity index is 1260. The van der Waals surface area contributed by atoms with Crippen molar-refractivity contribution in [1.29, 1.82) is 0 Å². The van der Waals surface area contributed by atoms with E-state index >= 15 is 0 Å². The van der Waals surface area contributed by atoms with Gasteiger partial charge in [-0.1, -0.05) is 65.9 Å². The van der Waals surface area contributed by atoms with E-state index < -0.39 is 6.35 Å². The molecule has 0 spiro atoms. The Morgan fingerprint density at radius 3 is 2.03 bits per heavy atom. The molecular formula is C25H17BClN3O+. The first-order valence-corrected chi connectivity index (χ1v) is 10.3. The molecule has 0 unspecified atom stereocenters. The van der Waals surface area contributed by atoms with Crippen LogP contribution in [-0.2, 0) is 4.65 Å². The lowest BCUT2D eigenvalue weighted by Gasteiger charge is -2.47. The summed E-state index contributed by atoms with van der Waals surface area (Å²) in [6, 6.07) is 30.2. The van der Waals surface area contributed by atoms with Crippen LogP contribution in [0, 0.1) is 6.07 Å². The van der Waals surface area contributed by atoms with E-state index in [2.05, 4.69) is 40.5 Å². The molecule has 2 heterocycles. The number of nitrogens with zero attached hydrogens (tertiary/aromatic N) is 2. The van der Waals surface area contributed by atoms with Crippen molar-refractivity contribution in [3.8, 4) is 6.07 Å². The predicted octanol–water partition coefficient (Wildman–Crippen LogP) is 1.75. The largest absolute Gasteiger partial charge is 0.701 e. The SMILES string of the molecule is [NH+]#Cc1ccc(C2=CC3=CC(Cl)=[N+]N=C3[B-](c3ccccc3)(c3ccccc3)O2)cc1. The van der Waals surface area contributed by atoms with Crippen LogP contribution in [0.5, 0.6) is 0 Å². The van der Waals surface area contributed by atoms with Crippen molar-refractivity contribution in [2.45, 2.75) is 0 Å². The molecule has 0 saturated heterocycles. The lowest BCUT2D eigenvalue weighted by Crippen LogP contribution is -2.68. The molecule has 6 heteroatoms. The predicted molar refractivity (Wildman–Crippen MR) is 126 cm³/mol. The van der Waals surface area contributed by atoms with Crippen LogP contribution in [0.3, 0.4) is 0 Å². The first kappa shape index (κ1) is 19.1. The molecule has 0 aliphatic carbocycles. The Balaban J connectivity index is 1.78. The molecule has 0 fully saturated rings. The maximum Gasteiger partial charge on any atom is 0.381 e. The highest BCUT2D eigenvalue weighted by Crippen LogP contribution is 2.32. The summed E-state index contributed by atoms with van der Waals surface area (Å²) in [6.07, 6.45) is 1.88. The Morgan fingerprint density at radius 1 is 0.839 bits per heavy atom. The number of fused-ring (bicyclic) bond motifs is 1. The van der Waals surface area contributed by atoms with Gasteiger partial charge in [-0.3, -0.25) is 0 Å². The van der Waals surface area contributed by atoms with Gasteiger partial charge >= 0.3 is 11.2 Å². The summed E-state index contributed by atoms with van der Waals surface area (Å²) in [7, 11) is 0. The topological polar surface area (TPSA) is 59.5 Å². The van der Waals surface area contributed by atoms with Crippen LogP contribution in [0.1, 0.15) is 11.1 Å². The molecule has 1 radical (unpaired) electrons.